The number of rotatable bonds is 7. The van der Waals surface area contributed by atoms with Gasteiger partial charge in [0, 0.05) is 14.9 Å². The number of hydrogen-bond acceptors (Lipinski definition) is 6. The molecule has 0 saturated carbocycles. The Morgan fingerprint density at radius 2 is 2.06 bits per heavy atom. The van der Waals surface area contributed by atoms with Gasteiger partial charge in [0.25, 0.3) is 5.91 Å². The van der Waals surface area contributed by atoms with E-state index in [1.807, 2.05) is 26.0 Å². The first-order chi connectivity index (χ1) is 15.3. The van der Waals surface area contributed by atoms with E-state index in [9.17, 15) is 14.9 Å². The van der Waals surface area contributed by atoms with E-state index in [1.165, 1.54) is 17.4 Å². The second-order valence-corrected chi connectivity index (χ2v) is 9.63. The van der Waals surface area contributed by atoms with E-state index in [0.717, 1.165) is 40.6 Å². The number of nitrogens with zero attached hydrogens (tertiary/aromatic N) is 1. The van der Waals surface area contributed by atoms with Gasteiger partial charge in [-0.15, -0.1) is 11.3 Å². The number of amides is 1. The van der Waals surface area contributed by atoms with Gasteiger partial charge in [0.2, 0.25) is 0 Å². The summed E-state index contributed by atoms with van der Waals surface area (Å²) in [6, 6.07) is 7.38. The molecule has 3 rings (SSSR count). The molecule has 1 heterocycles. The third-order valence-electron chi connectivity index (χ3n) is 4.88. The van der Waals surface area contributed by atoms with Crippen molar-refractivity contribution in [2.24, 2.45) is 0 Å². The molecule has 168 valence electrons. The van der Waals surface area contributed by atoms with Crippen molar-refractivity contribution in [1.29, 1.82) is 5.26 Å². The van der Waals surface area contributed by atoms with Gasteiger partial charge in [-0.2, -0.15) is 5.26 Å². The number of aryl methyl sites for hydroxylation is 1. The lowest BCUT2D eigenvalue weighted by atomic mass is 9.95. The number of benzene rings is 1. The third kappa shape index (κ3) is 5.59. The molecule has 0 bridgehead atoms. The van der Waals surface area contributed by atoms with Crippen LogP contribution in [0.5, 0.6) is 5.75 Å². The van der Waals surface area contributed by atoms with Gasteiger partial charge in [-0.3, -0.25) is 4.79 Å². The van der Waals surface area contributed by atoms with Gasteiger partial charge in [0.1, 0.15) is 22.4 Å². The van der Waals surface area contributed by atoms with Crippen LogP contribution in [-0.4, -0.2) is 24.6 Å². The first-order valence-corrected chi connectivity index (χ1v) is 12.2. The van der Waals surface area contributed by atoms with Gasteiger partial charge < -0.3 is 14.8 Å². The fraction of sp³-hybridized carbons (Fsp3) is 0.375. The minimum absolute atomic E-state index is 0.0627. The molecule has 0 fully saturated rings. The Morgan fingerprint density at radius 3 is 2.75 bits per heavy atom. The lowest BCUT2D eigenvalue weighted by molar-refractivity contribution is -0.112. The van der Waals surface area contributed by atoms with Gasteiger partial charge >= 0.3 is 5.97 Å². The number of anilines is 1. The molecule has 0 saturated heterocycles. The monoisotopic (exact) mass is 516 g/mol. The second-order valence-electron chi connectivity index (χ2n) is 7.61. The van der Waals surface area contributed by atoms with E-state index in [-0.39, 0.29) is 18.3 Å². The maximum Gasteiger partial charge on any atom is 0.341 e. The number of ether oxygens (including phenoxy) is 2. The van der Waals surface area contributed by atoms with Crippen LogP contribution < -0.4 is 10.1 Å². The first kappa shape index (κ1) is 24.0. The highest BCUT2D eigenvalue weighted by Gasteiger charge is 2.28. The summed E-state index contributed by atoms with van der Waals surface area (Å²) in [6.07, 6.45) is 5.13. The number of hydrogen-bond donors (Lipinski definition) is 1. The highest BCUT2D eigenvalue weighted by atomic mass is 79.9. The van der Waals surface area contributed by atoms with Crippen LogP contribution in [0.2, 0.25) is 0 Å². The fourth-order valence-electron chi connectivity index (χ4n) is 3.54. The molecule has 0 radical (unpaired) electrons. The lowest BCUT2D eigenvalue weighted by Gasteiger charge is -2.13. The molecule has 8 heteroatoms. The molecular weight excluding hydrogens is 492 g/mol. The zero-order valence-corrected chi connectivity index (χ0v) is 20.7. The summed E-state index contributed by atoms with van der Waals surface area (Å²) in [5, 5.41) is 12.9. The average Bonchev–Trinajstić information content (AvgIpc) is 3.11. The van der Waals surface area contributed by atoms with Gasteiger partial charge in [-0.25, -0.2) is 4.79 Å². The van der Waals surface area contributed by atoms with E-state index in [1.54, 1.807) is 19.1 Å². The number of nitriles is 1. The molecule has 0 unspecified atom stereocenters. The number of carbonyl (C=O) groups is 2. The van der Waals surface area contributed by atoms with Crippen molar-refractivity contribution < 1.29 is 19.1 Å². The molecule has 1 aromatic heterocycles. The number of esters is 1. The van der Waals surface area contributed by atoms with Crippen LogP contribution in [-0.2, 0) is 22.4 Å². The van der Waals surface area contributed by atoms with E-state index in [4.69, 9.17) is 9.47 Å². The van der Waals surface area contributed by atoms with Crippen LogP contribution in [0, 0.1) is 11.3 Å². The Hall–Kier alpha value is -2.63. The summed E-state index contributed by atoms with van der Waals surface area (Å²) in [4.78, 5) is 26.7. The summed E-state index contributed by atoms with van der Waals surface area (Å²) in [5.41, 5.74) is 1.90. The SMILES string of the molecule is CCOC(=O)c1c(NC(=O)/C(C#N)=C\c2cc(Br)ccc2OC(C)C)sc2c1CCCC2. The van der Waals surface area contributed by atoms with Gasteiger partial charge in [-0.05, 0) is 76.3 Å². The van der Waals surface area contributed by atoms with Crippen LogP contribution >= 0.6 is 27.3 Å². The average molecular weight is 517 g/mol. The number of thiophene rings is 1. The summed E-state index contributed by atoms with van der Waals surface area (Å²) in [7, 11) is 0. The van der Waals surface area contributed by atoms with Crippen molar-refractivity contribution in [1.82, 2.24) is 0 Å². The maximum absolute atomic E-state index is 13.0. The summed E-state index contributed by atoms with van der Waals surface area (Å²) in [6.45, 7) is 5.81. The summed E-state index contributed by atoms with van der Waals surface area (Å²) < 4.78 is 11.8. The largest absolute Gasteiger partial charge is 0.490 e. The topological polar surface area (TPSA) is 88.4 Å². The van der Waals surface area contributed by atoms with Crippen molar-refractivity contribution in [3.8, 4) is 11.8 Å². The van der Waals surface area contributed by atoms with Gasteiger partial charge in [-0.1, -0.05) is 15.9 Å². The Balaban J connectivity index is 1.95. The smallest absolute Gasteiger partial charge is 0.341 e. The molecule has 6 nitrogen and oxygen atoms in total. The molecule has 1 N–H and O–H groups in total. The Labute approximate surface area is 200 Å². The van der Waals surface area contributed by atoms with Crippen molar-refractivity contribution in [2.75, 3.05) is 11.9 Å². The van der Waals surface area contributed by atoms with E-state index >= 15 is 0 Å². The molecule has 1 aliphatic carbocycles. The third-order valence-corrected chi connectivity index (χ3v) is 6.58. The molecule has 0 spiro atoms. The van der Waals surface area contributed by atoms with Crippen LogP contribution in [0.15, 0.2) is 28.2 Å². The van der Waals surface area contributed by atoms with E-state index < -0.39 is 11.9 Å². The number of nitrogens with one attached hydrogen (secondary N) is 1. The first-order valence-electron chi connectivity index (χ1n) is 10.5. The zero-order chi connectivity index (χ0) is 23.3. The quantitative estimate of drug-likeness (QED) is 0.281. The lowest BCUT2D eigenvalue weighted by Crippen LogP contribution is -2.16. The van der Waals surface area contributed by atoms with Gasteiger partial charge in [0.05, 0.1) is 18.3 Å². The van der Waals surface area contributed by atoms with Crippen molar-refractivity contribution >= 4 is 50.2 Å². The Kier molecular flexibility index (Phi) is 8.10. The summed E-state index contributed by atoms with van der Waals surface area (Å²) in [5.74, 6) is -0.445. The number of carbonyl (C=O) groups excluding carboxylic acids is 2. The Bertz CT molecular complexity index is 1100. The second kappa shape index (κ2) is 10.8. The van der Waals surface area contributed by atoms with Crippen LogP contribution in [0.25, 0.3) is 6.08 Å². The minimum Gasteiger partial charge on any atom is -0.490 e. The van der Waals surface area contributed by atoms with E-state index in [0.29, 0.717) is 21.9 Å². The molecule has 2 aromatic rings. The molecule has 0 aliphatic heterocycles. The Morgan fingerprint density at radius 1 is 1.31 bits per heavy atom. The van der Waals surface area contributed by atoms with E-state index in [2.05, 4.69) is 21.2 Å². The van der Waals surface area contributed by atoms with Crippen molar-refractivity contribution in [3.05, 3.63) is 49.8 Å². The highest BCUT2D eigenvalue weighted by Crippen LogP contribution is 2.39. The fourth-order valence-corrected chi connectivity index (χ4v) is 5.19. The predicted octanol–water partition coefficient (Wildman–Crippen LogP) is 5.90. The molecule has 1 aromatic carbocycles. The molecule has 0 atom stereocenters. The van der Waals surface area contributed by atoms with Crippen LogP contribution in [0.1, 0.15) is 60.0 Å². The zero-order valence-electron chi connectivity index (χ0n) is 18.3. The molecular formula is C24H25BrN2O4S. The normalized spacial score (nSPS) is 13.3. The predicted molar refractivity (Wildman–Crippen MR) is 129 cm³/mol. The number of halogens is 1. The molecule has 1 aliphatic rings. The van der Waals surface area contributed by atoms with Crippen molar-refractivity contribution in [3.63, 3.8) is 0 Å². The molecule has 1 amide bonds. The summed E-state index contributed by atoms with van der Waals surface area (Å²) >= 11 is 4.81. The number of fused-ring (bicyclic) bond motifs is 1. The molecule has 32 heavy (non-hydrogen) atoms. The standard InChI is InChI=1S/C24H25BrN2O4S/c1-4-30-24(29)21-18-7-5-6-8-20(18)32-23(21)27-22(28)16(13-26)11-15-12-17(25)9-10-19(15)31-14(2)3/h9-12,14H,4-8H2,1-3H3,(H,27,28)/b16-11-. The van der Waals surface area contributed by atoms with Crippen molar-refractivity contribution in [2.45, 2.75) is 52.6 Å². The van der Waals surface area contributed by atoms with Gasteiger partial charge in [0.15, 0.2) is 0 Å². The minimum atomic E-state index is -0.577. The van der Waals surface area contributed by atoms with Crippen LogP contribution in [0.3, 0.4) is 0 Å². The van der Waals surface area contributed by atoms with Crippen LogP contribution in [0.4, 0.5) is 5.00 Å². The highest BCUT2D eigenvalue weighted by molar-refractivity contribution is 9.10. The maximum atomic E-state index is 13.0.